The molecule has 2 aromatic rings. The van der Waals surface area contributed by atoms with Crippen molar-refractivity contribution in [3.8, 4) is 5.88 Å². The van der Waals surface area contributed by atoms with Crippen LogP contribution in [-0.4, -0.2) is 58.0 Å². The standard InChI is InChI=1S/C11H18N5O6P/c1-20-4-5-22-10-8-9(14-11(12)15-10)16(6-13-8)2-3-21-7-23(17,18)19/h6H,2-5,7H2,1H3,(H4,12,14,15,17,18,19)/p+1. The number of anilines is 1. The van der Waals surface area contributed by atoms with Crippen LogP contribution in [0.5, 0.6) is 5.88 Å². The van der Waals surface area contributed by atoms with Crippen molar-refractivity contribution in [2.45, 2.75) is 6.54 Å². The maximum atomic E-state index is 10.7. The SMILES string of the molecule is COCCOc1nc(N)nc2c1[nH]c[n+]2CCOCP(=O)(O)O. The van der Waals surface area contributed by atoms with Crippen LogP contribution in [0.1, 0.15) is 0 Å². The molecule has 0 amide bonds. The molecule has 0 aliphatic carbocycles. The van der Waals surface area contributed by atoms with Gasteiger partial charge >= 0.3 is 19.2 Å². The first kappa shape index (κ1) is 17.6. The van der Waals surface area contributed by atoms with Crippen molar-refractivity contribution in [1.29, 1.82) is 0 Å². The number of nitrogens with one attached hydrogen (secondary N) is 1. The van der Waals surface area contributed by atoms with E-state index >= 15 is 0 Å². The number of hydrogen-bond donors (Lipinski definition) is 4. The third-order valence-electron chi connectivity index (χ3n) is 2.77. The summed E-state index contributed by atoms with van der Waals surface area (Å²) in [5.74, 6) is 0.355. The van der Waals surface area contributed by atoms with Gasteiger partial charge in [0, 0.05) is 7.11 Å². The Morgan fingerprint density at radius 3 is 2.83 bits per heavy atom. The second kappa shape index (κ2) is 7.66. The maximum absolute atomic E-state index is 10.7. The van der Waals surface area contributed by atoms with Gasteiger partial charge in [-0.15, -0.1) is 0 Å². The number of aromatic nitrogens is 4. The van der Waals surface area contributed by atoms with E-state index in [0.717, 1.165) is 0 Å². The maximum Gasteiger partial charge on any atom is 0.350 e. The van der Waals surface area contributed by atoms with E-state index in [0.29, 0.717) is 36.8 Å². The Morgan fingerprint density at radius 2 is 2.13 bits per heavy atom. The summed E-state index contributed by atoms with van der Waals surface area (Å²) in [6.45, 7) is 1.15. The fourth-order valence-corrected chi connectivity index (χ4v) is 2.19. The molecule has 2 rings (SSSR count). The molecule has 0 bridgehead atoms. The van der Waals surface area contributed by atoms with Crippen LogP contribution in [0.2, 0.25) is 0 Å². The second-order valence-electron chi connectivity index (χ2n) is 4.60. The summed E-state index contributed by atoms with van der Waals surface area (Å²) < 4.78 is 27.7. The number of nitrogen functional groups attached to an aromatic ring is 1. The van der Waals surface area contributed by atoms with E-state index in [9.17, 15) is 4.57 Å². The molecule has 0 aliphatic heterocycles. The summed E-state index contributed by atoms with van der Waals surface area (Å²) in [6.07, 6.45) is 1.00. The van der Waals surface area contributed by atoms with Gasteiger partial charge in [0.1, 0.15) is 13.0 Å². The topological polar surface area (TPSA) is 157 Å². The van der Waals surface area contributed by atoms with Gasteiger partial charge < -0.3 is 29.7 Å². The highest BCUT2D eigenvalue weighted by Crippen LogP contribution is 2.33. The zero-order valence-electron chi connectivity index (χ0n) is 12.5. The minimum absolute atomic E-state index is 0.0504. The fourth-order valence-electron chi connectivity index (χ4n) is 1.83. The first-order chi connectivity index (χ1) is 10.9. The van der Waals surface area contributed by atoms with E-state index in [-0.39, 0.29) is 12.6 Å². The van der Waals surface area contributed by atoms with Crippen molar-refractivity contribution in [3.05, 3.63) is 6.33 Å². The van der Waals surface area contributed by atoms with E-state index in [1.807, 2.05) is 0 Å². The van der Waals surface area contributed by atoms with Crippen molar-refractivity contribution in [3.63, 3.8) is 0 Å². The Balaban J connectivity index is 2.08. The molecule has 0 saturated heterocycles. The number of nitrogens with two attached hydrogens (primary N) is 1. The minimum atomic E-state index is -4.17. The van der Waals surface area contributed by atoms with Gasteiger partial charge in [0.05, 0.1) is 19.8 Å². The molecule has 128 valence electrons. The zero-order chi connectivity index (χ0) is 16.9. The van der Waals surface area contributed by atoms with Crippen molar-refractivity contribution in [2.75, 3.05) is 39.0 Å². The average molecular weight is 348 g/mol. The lowest BCUT2D eigenvalue weighted by molar-refractivity contribution is -0.674. The molecule has 23 heavy (non-hydrogen) atoms. The van der Waals surface area contributed by atoms with E-state index in [1.165, 1.54) is 0 Å². The van der Waals surface area contributed by atoms with Crippen LogP contribution in [0.25, 0.3) is 11.2 Å². The van der Waals surface area contributed by atoms with Crippen LogP contribution in [0.3, 0.4) is 0 Å². The highest BCUT2D eigenvalue weighted by Gasteiger charge is 2.20. The van der Waals surface area contributed by atoms with Gasteiger partial charge in [-0.1, -0.05) is 4.98 Å². The third kappa shape index (κ3) is 5.12. The molecule has 0 saturated carbocycles. The molecular weight excluding hydrogens is 329 g/mol. The number of aromatic amines is 1. The van der Waals surface area contributed by atoms with Crippen LogP contribution in [0.4, 0.5) is 5.95 Å². The van der Waals surface area contributed by atoms with Crippen molar-refractivity contribution in [2.24, 2.45) is 0 Å². The van der Waals surface area contributed by atoms with Crippen molar-refractivity contribution >= 4 is 24.7 Å². The summed E-state index contributed by atoms with van der Waals surface area (Å²) >= 11 is 0. The average Bonchev–Trinajstić information content (AvgIpc) is 2.86. The number of imidazole rings is 1. The quantitative estimate of drug-likeness (QED) is 0.253. The molecular formula is C11H19N5O6P+. The number of hydrogen-bond acceptors (Lipinski definition) is 7. The molecule has 0 fully saturated rings. The van der Waals surface area contributed by atoms with Gasteiger partial charge in [0.2, 0.25) is 5.52 Å². The first-order valence-corrected chi connectivity index (χ1v) is 8.48. The van der Waals surface area contributed by atoms with Crippen molar-refractivity contribution in [1.82, 2.24) is 15.0 Å². The molecule has 0 aliphatic rings. The number of nitrogens with zero attached hydrogens (tertiary/aromatic N) is 3. The fraction of sp³-hybridized carbons (Fsp3) is 0.545. The van der Waals surface area contributed by atoms with Crippen LogP contribution in [0.15, 0.2) is 6.33 Å². The summed E-state index contributed by atoms with van der Waals surface area (Å²) in [5.41, 5.74) is 6.74. The Hall–Kier alpha value is -1.78. The molecule has 0 spiro atoms. The summed E-state index contributed by atoms with van der Waals surface area (Å²) in [7, 11) is -2.61. The number of methoxy groups -OCH3 is 1. The predicted molar refractivity (Wildman–Crippen MR) is 78.7 cm³/mol. The largest absolute Gasteiger partial charge is 0.472 e. The van der Waals surface area contributed by atoms with Gasteiger partial charge in [-0.05, 0) is 0 Å². The highest BCUT2D eigenvalue weighted by atomic mass is 31.2. The smallest absolute Gasteiger partial charge is 0.350 e. The Morgan fingerprint density at radius 1 is 1.35 bits per heavy atom. The van der Waals surface area contributed by atoms with Crippen LogP contribution in [0, 0.1) is 0 Å². The normalized spacial score (nSPS) is 12.0. The zero-order valence-corrected chi connectivity index (χ0v) is 13.4. The van der Waals surface area contributed by atoms with Crippen LogP contribution < -0.4 is 15.0 Å². The van der Waals surface area contributed by atoms with Gasteiger partial charge in [-0.2, -0.15) is 4.98 Å². The van der Waals surface area contributed by atoms with Gasteiger partial charge in [-0.3, -0.25) is 9.55 Å². The molecule has 2 heterocycles. The molecule has 0 unspecified atom stereocenters. The number of fused-ring (bicyclic) bond motifs is 1. The lowest BCUT2D eigenvalue weighted by Crippen LogP contribution is -2.35. The van der Waals surface area contributed by atoms with E-state index in [1.54, 1.807) is 18.0 Å². The van der Waals surface area contributed by atoms with Crippen LogP contribution >= 0.6 is 7.60 Å². The Bertz CT molecular complexity index is 702. The lowest BCUT2D eigenvalue weighted by atomic mass is 10.5. The molecule has 0 aromatic carbocycles. The van der Waals surface area contributed by atoms with Gasteiger partial charge in [-0.25, -0.2) is 4.57 Å². The molecule has 11 nitrogen and oxygen atoms in total. The van der Waals surface area contributed by atoms with Crippen LogP contribution in [-0.2, 0) is 20.6 Å². The van der Waals surface area contributed by atoms with E-state index < -0.39 is 13.9 Å². The number of H-pyrrole nitrogens is 1. The molecule has 12 heteroatoms. The molecule has 2 aromatic heterocycles. The van der Waals surface area contributed by atoms with E-state index in [4.69, 9.17) is 29.7 Å². The first-order valence-electron chi connectivity index (χ1n) is 6.69. The number of ether oxygens (including phenoxy) is 3. The molecule has 0 atom stereocenters. The lowest BCUT2D eigenvalue weighted by Gasteiger charge is -2.05. The Labute approximate surface area is 131 Å². The summed E-state index contributed by atoms with van der Waals surface area (Å²) in [4.78, 5) is 28.6. The van der Waals surface area contributed by atoms with E-state index in [2.05, 4.69) is 15.0 Å². The predicted octanol–water partition coefficient (Wildman–Crippen LogP) is -0.995. The van der Waals surface area contributed by atoms with Gasteiger partial charge in [0.25, 0.3) is 5.88 Å². The second-order valence-corrected chi connectivity index (χ2v) is 6.18. The number of rotatable bonds is 9. The molecule has 5 N–H and O–H groups in total. The summed E-state index contributed by atoms with van der Waals surface area (Å²) in [6, 6.07) is 0. The minimum Gasteiger partial charge on any atom is -0.472 e. The molecule has 0 radical (unpaired) electrons. The Kier molecular flexibility index (Phi) is 5.85. The highest BCUT2D eigenvalue weighted by molar-refractivity contribution is 7.51. The van der Waals surface area contributed by atoms with Gasteiger partial charge in [0.15, 0.2) is 6.33 Å². The monoisotopic (exact) mass is 348 g/mol. The van der Waals surface area contributed by atoms with Crippen molar-refractivity contribution < 1.29 is 33.1 Å². The third-order valence-corrected chi connectivity index (χ3v) is 3.29. The summed E-state index contributed by atoms with van der Waals surface area (Å²) in [5, 5.41) is 0.